The van der Waals surface area contributed by atoms with Crippen molar-refractivity contribution in [2.75, 3.05) is 24.2 Å². The van der Waals surface area contributed by atoms with Gasteiger partial charge in [0, 0.05) is 24.5 Å². The van der Waals surface area contributed by atoms with Gasteiger partial charge in [0.05, 0.1) is 0 Å². The van der Waals surface area contributed by atoms with Crippen LogP contribution in [0.5, 0.6) is 0 Å². The second kappa shape index (κ2) is 6.05. The zero-order valence-electron chi connectivity index (χ0n) is 10.5. The molecule has 1 fully saturated rings. The van der Waals surface area contributed by atoms with Gasteiger partial charge < -0.3 is 16.2 Å². The van der Waals surface area contributed by atoms with Gasteiger partial charge in [-0.2, -0.15) is 0 Å². The first-order valence-electron chi connectivity index (χ1n) is 6.60. The summed E-state index contributed by atoms with van der Waals surface area (Å²) in [5.41, 5.74) is 6.75. The number of aliphatic hydroxyl groups excluding tert-OH is 1. The molecule has 4 heteroatoms. The molecule has 1 aliphatic carbocycles. The van der Waals surface area contributed by atoms with Crippen molar-refractivity contribution >= 4 is 11.4 Å². The van der Waals surface area contributed by atoms with Crippen LogP contribution in [0.25, 0.3) is 0 Å². The van der Waals surface area contributed by atoms with Gasteiger partial charge in [0.25, 0.3) is 0 Å². The summed E-state index contributed by atoms with van der Waals surface area (Å²) < 4.78 is 13.2. The summed E-state index contributed by atoms with van der Waals surface area (Å²) in [5.74, 6) is 0.519. The van der Waals surface area contributed by atoms with Gasteiger partial charge >= 0.3 is 0 Å². The van der Waals surface area contributed by atoms with Crippen LogP contribution in [-0.4, -0.2) is 18.3 Å². The molecule has 3 nitrogen and oxygen atoms in total. The molecule has 0 bridgehead atoms. The topological polar surface area (TPSA) is 58.3 Å². The second-order valence-electron chi connectivity index (χ2n) is 5.14. The van der Waals surface area contributed by atoms with Crippen molar-refractivity contribution in [1.82, 2.24) is 0 Å². The zero-order chi connectivity index (χ0) is 13.0. The van der Waals surface area contributed by atoms with E-state index < -0.39 is 0 Å². The summed E-state index contributed by atoms with van der Waals surface area (Å²) in [5, 5.41) is 12.6. The highest BCUT2D eigenvalue weighted by Gasteiger charge is 2.24. The van der Waals surface area contributed by atoms with E-state index in [1.54, 1.807) is 6.07 Å². The monoisotopic (exact) mass is 252 g/mol. The molecule has 0 amide bonds. The van der Waals surface area contributed by atoms with Crippen LogP contribution in [0.4, 0.5) is 15.8 Å². The number of nitrogens with one attached hydrogen (secondary N) is 1. The molecule has 0 aromatic heterocycles. The fraction of sp³-hybridized carbons (Fsp3) is 0.571. The Bertz CT molecular complexity index is 377. The molecule has 4 N–H and O–H groups in total. The van der Waals surface area contributed by atoms with Crippen LogP contribution >= 0.6 is 0 Å². The summed E-state index contributed by atoms with van der Waals surface area (Å²) in [7, 11) is 0. The Hall–Kier alpha value is -1.29. The average molecular weight is 252 g/mol. The van der Waals surface area contributed by atoms with Gasteiger partial charge in [-0.1, -0.05) is 12.8 Å². The van der Waals surface area contributed by atoms with E-state index in [1.165, 1.54) is 25.0 Å². The number of nitrogens with two attached hydrogens (primary N) is 1. The van der Waals surface area contributed by atoms with Gasteiger partial charge in [-0.3, -0.25) is 0 Å². The smallest absolute Gasteiger partial charge is 0.127 e. The number of benzene rings is 1. The van der Waals surface area contributed by atoms with Gasteiger partial charge in [0.2, 0.25) is 0 Å². The van der Waals surface area contributed by atoms with Crippen LogP contribution in [0.2, 0.25) is 0 Å². The number of halogens is 1. The molecule has 0 heterocycles. The van der Waals surface area contributed by atoms with E-state index in [4.69, 9.17) is 5.73 Å². The van der Waals surface area contributed by atoms with Gasteiger partial charge in [0.15, 0.2) is 0 Å². The summed E-state index contributed by atoms with van der Waals surface area (Å²) in [6, 6.07) is 4.50. The maximum Gasteiger partial charge on any atom is 0.127 e. The van der Waals surface area contributed by atoms with E-state index in [0.717, 1.165) is 25.1 Å². The molecule has 0 saturated heterocycles. The number of anilines is 2. The maximum absolute atomic E-state index is 13.2. The highest BCUT2D eigenvalue weighted by Crippen LogP contribution is 2.30. The molecule has 0 spiro atoms. The highest BCUT2D eigenvalue weighted by atomic mass is 19.1. The van der Waals surface area contributed by atoms with E-state index in [-0.39, 0.29) is 12.4 Å². The fourth-order valence-electron chi connectivity index (χ4n) is 2.76. The Balaban J connectivity index is 1.93. The van der Waals surface area contributed by atoms with Crippen molar-refractivity contribution < 1.29 is 9.50 Å². The predicted molar refractivity (Wildman–Crippen MR) is 71.8 cm³/mol. The molecule has 0 radical (unpaired) electrons. The molecule has 0 aliphatic heterocycles. The average Bonchev–Trinajstić information content (AvgIpc) is 2.35. The first kappa shape index (κ1) is 13.1. The lowest BCUT2D eigenvalue weighted by atomic mass is 9.79. The van der Waals surface area contributed by atoms with Crippen molar-refractivity contribution in [3.8, 4) is 0 Å². The molecule has 2 unspecified atom stereocenters. The van der Waals surface area contributed by atoms with Gasteiger partial charge in [-0.15, -0.1) is 0 Å². The molecule has 1 aromatic rings. The predicted octanol–water partition coefficient (Wildman–Crippen LogP) is 2.62. The number of hydrogen-bond donors (Lipinski definition) is 3. The van der Waals surface area contributed by atoms with Crippen LogP contribution in [-0.2, 0) is 0 Å². The quantitative estimate of drug-likeness (QED) is 0.722. The number of nitrogen functional groups attached to an aromatic ring is 1. The maximum atomic E-state index is 13.2. The third-order valence-electron chi connectivity index (χ3n) is 3.79. The second-order valence-corrected chi connectivity index (χ2v) is 5.14. The normalized spacial score (nSPS) is 23.9. The molecule has 1 aliphatic rings. The van der Waals surface area contributed by atoms with Gasteiger partial charge in [0.1, 0.15) is 5.82 Å². The number of rotatable bonds is 4. The summed E-state index contributed by atoms with van der Waals surface area (Å²) in [4.78, 5) is 0. The van der Waals surface area contributed by atoms with Gasteiger partial charge in [-0.25, -0.2) is 4.39 Å². The third-order valence-corrected chi connectivity index (χ3v) is 3.79. The van der Waals surface area contributed by atoms with Crippen LogP contribution in [0.1, 0.15) is 25.7 Å². The molecule has 18 heavy (non-hydrogen) atoms. The van der Waals surface area contributed by atoms with E-state index >= 15 is 0 Å². The van der Waals surface area contributed by atoms with Crippen LogP contribution < -0.4 is 11.1 Å². The molecule has 2 rings (SSSR count). The minimum atomic E-state index is -0.320. The van der Waals surface area contributed by atoms with Crippen molar-refractivity contribution in [1.29, 1.82) is 0 Å². The molecule has 1 saturated carbocycles. The fourth-order valence-corrected chi connectivity index (χ4v) is 2.76. The minimum Gasteiger partial charge on any atom is -0.399 e. The third kappa shape index (κ3) is 3.35. The first-order valence-corrected chi connectivity index (χ1v) is 6.60. The largest absolute Gasteiger partial charge is 0.399 e. The Labute approximate surface area is 107 Å². The Morgan fingerprint density at radius 2 is 1.94 bits per heavy atom. The summed E-state index contributed by atoms with van der Waals surface area (Å²) in [6.45, 7) is 1.02. The molecule has 1 aromatic carbocycles. The van der Waals surface area contributed by atoms with Crippen molar-refractivity contribution in [2.45, 2.75) is 25.7 Å². The first-order chi connectivity index (χ1) is 8.69. The standard InChI is InChI=1S/C14H21FN2O/c15-12-5-13(16)7-14(6-12)17-8-10-3-1-2-4-11(10)9-18/h5-7,10-11,17-18H,1-4,8-9,16H2. The SMILES string of the molecule is Nc1cc(F)cc(NCC2CCCCC2CO)c1. The Morgan fingerprint density at radius 1 is 1.22 bits per heavy atom. The Kier molecular flexibility index (Phi) is 4.42. The van der Waals surface area contributed by atoms with E-state index in [1.807, 2.05) is 0 Å². The van der Waals surface area contributed by atoms with Crippen molar-refractivity contribution in [3.05, 3.63) is 24.0 Å². The summed E-state index contributed by atoms with van der Waals surface area (Å²) in [6.07, 6.45) is 4.64. The molecule has 2 atom stereocenters. The number of hydrogen-bond acceptors (Lipinski definition) is 3. The van der Waals surface area contributed by atoms with E-state index in [0.29, 0.717) is 17.5 Å². The minimum absolute atomic E-state index is 0.248. The lowest BCUT2D eigenvalue weighted by molar-refractivity contribution is 0.141. The molecule has 100 valence electrons. The molecular weight excluding hydrogens is 231 g/mol. The number of aliphatic hydroxyl groups is 1. The Morgan fingerprint density at radius 3 is 2.61 bits per heavy atom. The van der Waals surface area contributed by atoms with Crippen LogP contribution in [0, 0.1) is 17.7 Å². The van der Waals surface area contributed by atoms with E-state index in [9.17, 15) is 9.50 Å². The highest BCUT2D eigenvalue weighted by molar-refractivity contribution is 5.54. The van der Waals surface area contributed by atoms with Crippen LogP contribution in [0.3, 0.4) is 0 Å². The lowest BCUT2D eigenvalue weighted by Crippen LogP contribution is -2.28. The van der Waals surface area contributed by atoms with Crippen molar-refractivity contribution in [3.63, 3.8) is 0 Å². The zero-order valence-corrected chi connectivity index (χ0v) is 10.5. The van der Waals surface area contributed by atoms with Gasteiger partial charge in [-0.05, 0) is 42.9 Å². The van der Waals surface area contributed by atoms with Crippen molar-refractivity contribution in [2.24, 2.45) is 11.8 Å². The molecular formula is C14H21FN2O. The summed E-state index contributed by atoms with van der Waals surface area (Å²) >= 11 is 0. The van der Waals surface area contributed by atoms with Crippen LogP contribution in [0.15, 0.2) is 18.2 Å². The lowest BCUT2D eigenvalue weighted by Gasteiger charge is -2.30. The van der Waals surface area contributed by atoms with E-state index in [2.05, 4.69) is 5.32 Å².